The molecule has 0 spiro atoms. The summed E-state index contributed by atoms with van der Waals surface area (Å²) in [6.45, 7) is 0. The molecule has 0 aliphatic carbocycles. The lowest BCUT2D eigenvalue weighted by Gasteiger charge is -2.18. The summed E-state index contributed by atoms with van der Waals surface area (Å²) in [6, 6.07) is 30.0. The van der Waals surface area contributed by atoms with E-state index in [1.807, 2.05) is 91.0 Å². The fraction of sp³-hybridized carbons (Fsp3) is 0. The van der Waals surface area contributed by atoms with Crippen molar-refractivity contribution in [3.63, 3.8) is 0 Å². The molecule has 0 fully saturated rings. The van der Waals surface area contributed by atoms with Crippen molar-refractivity contribution in [3.05, 3.63) is 114 Å². The SMILES string of the molecule is O=C(Nc1ccccc1)c1c(C(=O)c2c3c(cc4ccccc24)N=N3)ccc2ccccc12. The molecule has 1 aliphatic rings. The summed E-state index contributed by atoms with van der Waals surface area (Å²) in [7, 11) is 0. The van der Waals surface area contributed by atoms with Crippen LogP contribution in [-0.4, -0.2) is 11.7 Å². The molecule has 5 aromatic rings. The first-order chi connectivity index (χ1) is 16.2. The quantitative estimate of drug-likeness (QED) is 0.302. The van der Waals surface area contributed by atoms with Crippen molar-refractivity contribution in [3.8, 4) is 0 Å². The lowest BCUT2D eigenvalue weighted by Crippen LogP contribution is -2.18. The van der Waals surface area contributed by atoms with E-state index in [1.165, 1.54) is 0 Å². The van der Waals surface area contributed by atoms with E-state index in [2.05, 4.69) is 15.5 Å². The second-order valence-electron chi connectivity index (χ2n) is 7.90. The smallest absolute Gasteiger partial charge is 0.257 e. The largest absolute Gasteiger partial charge is 0.322 e. The van der Waals surface area contributed by atoms with Crippen LogP contribution in [0.4, 0.5) is 17.1 Å². The lowest BCUT2D eigenvalue weighted by atomic mass is 9.89. The molecule has 0 saturated carbocycles. The molecule has 0 unspecified atom stereocenters. The van der Waals surface area contributed by atoms with Gasteiger partial charge in [-0.25, -0.2) is 0 Å². The molecule has 156 valence electrons. The number of rotatable bonds is 4. The Morgan fingerprint density at radius 3 is 2.03 bits per heavy atom. The zero-order chi connectivity index (χ0) is 22.4. The van der Waals surface area contributed by atoms with Gasteiger partial charge in [-0.05, 0) is 45.8 Å². The minimum atomic E-state index is -0.331. The van der Waals surface area contributed by atoms with E-state index in [9.17, 15) is 9.59 Å². The van der Waals surface area contributed by atoms with Gasteiger partial charge in [0.2, 0.25) is 0 Å². The molecule has 0 saturated heterocycles. The summed E-state index contributed by atoms with van der Waals surface area (Å²) in [4.78, 5) is 27.5. The van der Waals surface area contributed by atoms with Crippen molar-refractivity contribution in [2.45, 2.75) is 0 Å². The van der Waals surface area contributed by atoms with Crippen LogP contribution in [-0.2, 0) is 0 Å². The highest BCUT2D eigenvalue weighted by molar-refractivity contribution is 6.27. The van der Waals surface area contributed by atoms with Gasteiger partial charge in [0.25, 0.3) is 5.91 Å². The Labute approximate surface area is 189 Å². The molecule has 0 bridgehead atoms. The van der Waals surface area contributed by atoms with Gasteiger partial charge in [-0.2, -0.15) is 0 Å². The summed E-state index contributed by atoms with van der Waals surface area (Å²) < 4.78 is 0. The number of carbonyl (C=O) groups excluding carboxylic acids is 2. The molecule has 0 atom stereocenters. The summed E-state index contributed by atoms with van der Waals surface area (Å²) in [5.41, 5.74) is 3.08. The molecule has 1 amide bonds. The highest BCUT2D eigenvalue weighted by Gasteiger charge is 2.28. The van der Waals surface area contributed by atoms with Crippen LogP contribution in [0.25, 0.3) is 21.5 Å². The number of nitrogens with one attached hydrogen (secondary N) is 1. The van der Waals surface area contributed by atoms with Crippen molar-refractivity contribution in [1.82, 2.24) is 0 Å². The molecule has 5 nitrogen and oxygen atoms in total. The van der Waals surface area contributed by atoms with Crippen LogP contribution < -0.4 is 5.32 Å². The van der Waals surface area contributed by atoms with E-state index in [0.717, 1.165) is 21.5 Å². The number of para-hydroxylation sites is 1. The number of nitrogens with zero attached hydrogens (tertiary/aromatic N) is 2. The maximum absolute atomic E-state index is 14.0. The Hall–Kier alpha value is -4.64. The second-order valence-corrected chi connectivity index (χ2v) is 7.90. The minimum Gasteiger partial charge on any atom is -0.322 e. The molecule has 6 rings (SSSR count). The highest BCUT2D eigenvalue weighted by atomic mass is 16.2. The molecule has 0 radical (unpaired) electrons. The first-order valence-electron chi connectivity index (χ1n) is 10.6. The first-order valence-corrected chi connectivity index (χ1v) is 10.6. The molecule has 5 heteroatoms. The van der Waals surface area contributed by atoms with Gasteiger partial charge in [-0.1, -0.05) is 72.8 Å². The standard InChI is InChI=1S/C28H17N3O2/c32-27(25-21-13-7-5-9-18(21)16-23-26(25)31-30-23)22-15-14-17-8-4-6-12-20(17)24(22)28(33)29-19-10-2-1-3-11-19/h1-16H,(H,29,33). The van der Waals surface area contributed by atoms with Crippen LogP contribution in [0.5, 0.6) is 0 Å². The number of amides is 1. The van der Waals surface area contributed by atoms with Gasteiger partial charge < -0.3 is 5.32 Å². The number of hydrogen-bond donors (Lipinski definition) is 1. The highest BCUT2D eigenvalue weighted by Crippen LogP contribution is 2.45. The Balaban J connectivity index is 1.57. The number of azo groups is 1. The van der Waals surface area contributed by atoms with Gasteiger partial charge >= 0.3 is 0 Å². The zero-order valence-corrected chi connectivity index (χ0v) is 17.4. The van der Waals surface area contributed by atoms with Gasteiger partial charge in [0.05, 0.1) is 11.1 Å². The summed E-state index contributed by atoms with van der Waals surface area (Å²) >= 11 is 0. The molecule has 1 N–H and O–H groups in total. The number of hydrogen-bond acceptors (Lipinski definition) is 4. The van der Waals surface area contributed by atoms with Gasteiger partial charge in [0, 0.05) is 11.3 Å². The van der Waals surface area contributed by atoms with Crippen molar-refractivity contribution in [2.75, 3.05) is 5.32 Å². The van der Waals surface area contributed by atoms with Crippen LogP contribution in [0.2, 0.25) is 0 Å². The zero-order valence-electron chi connectivity index (χ0n) is 17.4. The Morgan fingerprint density at radius 2 is 1.30 bits per heavy atom. The van der Waals surface area contributed by atoms with Gasteiger partial charge in [-0.15, -0.1) is 10.2 Å². The van der Waals surface area contributed by atoms with Crippen molar-refractivity contribution in [2.24, 2.45) is 10.2 Å². The van der Waals surface area contributed by atoms with Crippen LogP contribution in [0.3, 0.4) is 0 Å². The minimum absolute atomic E-state index is 0.245. The third-order valence-electron chi connectivity index (χ3n) is 5.92. The lowest BCUT2D eigenvalue weighted by molar-refractivity contribution is 0.0998. The van der Waals surface area contributed by atoms with Crippen molar-refractivity contribution < 1.29 is 9.59 Å². The molecule has 33 heavy (non-hydrogen) atoms. The second kappa shape index (κ2) is 7.50. The molecule has 0 aromatic heterocycles. The molecule has 1 heterocycles. The fourth-order valence-corrected chi connectivity index (χ4v) is 4.34. The van der Waals surface area contributed by atoms with E-state index in [-0.39, 0.29) is 11.7 Å². The first kappa shape index (κ1) is 19.1. The molecular formula is C28H17N3O2. The Bertz CT molecular complexity index is 1620. The molecule has 5 aromatic carbocycles. The van der Waals surface area contributed by atoms with E-state index < -0.39 is 0 Å². The van der Waals surface area contributed by atoms with E-state index in [1.54, 1.807) is 6.07 Å². The predicted octanol–water partition coefficient (Wildman–Crippen LogP) is 7.21. The van der Waals surface area contributed by atoms with E-state index in [0.29, 0.717) is 33.8 Å². The van der Waals surface area contributed by atoms with Gasteiger partial charge in [0.15, 0.2) is 5.78 Å². The van der Waals surface area contributed by atoms with Crippen LogP contribution in [0.1, 0.15) is 26.3 Å². The third kappa shape index (κ3) is 3.10. The maximum Gasteiger partial charge on any atom is 0.257 e. The number of ketones is 1. The number of anilines is 1. The number of benzene rings is 5. The molecule has 1 aliphatic heterocycles. The van der Waals surface area contributed by atoms with E-state index >= 15 is 0 Å². The van der Waals surface area contributed by atoms with Crippen LogP contribution in [0, 0.1) is 0 Å². The maximum atomic E-state index is 14.0. The summed E-state index contributed by atoms with van der Waals surface area (Å²) in [6.07, 6.45) is 0. The summed E-state index contributed by atoms with van der Waals surface area (Å²) in [5, 5.41) is 14.5. The average Bonchev–Trinajstić information content (AvgIpc) is 2.84. The molecular weight excluding hydrogens is 410 g/mol. The van der Waals surface area contributed by atoms with Crippen molar-refractivity contribution in [1.29, 1.82) is 0 Å². The number of carbonyl (C=O) groups is 2. The average molecular weight is 427 g/mol. The van der Waals surface area contributed by atoms with Gasteiger partial charge in [-0.3, -0.25) is 9.59 Å². The monoisotopic (exact) mass is 427 g/mol. The Morgan fingerprint density at radius 1 is 0.636 bits per heavy atom. The van der Waals surface area contributed by atoms with Crippen LogP contribution in [0.15, 0.2) is 107 Å². The topological polar surface area (TPSA) is 70.9 Å². The van der Waals surface area contributed by atoms with E-state index in [4.69, 9.17) is 0 Å². The van der Waals surface area contributed by atoms with Crippen LogP contribution >= 0.6 is 0 Å². The predicted molar refractivity (Wildman–Crippen MR) is 130 cm³/mol. The fourth-order valence-electron chi connectivity index (χ4n) is 4.34. The Kier molecular flexibility index (Phi) is 4.33. The van der Waals surface area contributed by atoms with Gasteiger partial charge in [0.1, 0.15) is 11.4 Å². The summed E-state index contributed by atoms with van der Waals surface area (Å²) in [5.74, 6) is -0.576. The third-order valence-corrected chi connectivity index (χ3v) is 5.92. The van der Waals surface area contributed by atoms with Crippen molar-refractivity contribution >= 4 is 50.3 Å². The normalized spacial score (nSPS) is 11.8. The number of fused-ring (bicyclic) bond motifs is 3.